The lowest BCUT2D eigenvalue weighted by Crippen LogP contribution is -2.50. The van der Waals surface area contributed by atoms with Gasteiger partial charge in [-0.3, -0.25) is 4.79 Å². The molecule has 0 aliphatic rings. The third-order valence-corrected chi connectivity index (χ3v) is 4.54. The number of esters is 1. The first-order valence-electron chi connectivity index (χ1n) is 5.06. The highest BCUT2D eigenvalue weighted by Gasteiger charge is 2.32. The summed E-state index contributed by atoms with van der Waals surface area (Å²) >= 11 is 12.8. The third kappa shape index (κ3) is 2.96. The first-order chi connectivity index (χ1) is 8.20. The predicted molar refractivity (Wildman–Crippen MR) is 72.6 cm³/mol. The number of carbonyl (C=O) groups is 2. The Morgan fingerprint density at radius 2 is 1.89 bits per heavy atom. The molecule has 1 heterocycles. The van der Waals surface area contributed by atoms with Crippen LogP contribution in [0.25, 0.3) is 0 Å². The van der Waals surface area contributed by atoms with Gasteiger partial charge in [0.05, 0.1) is 17.0 Å². The number of hydrogen-bond acceptors (Lipinski definition) is 4. The van der Waals surface area contributed by atoms with Crippen molar-refractivity contribution >= 4 is 46.4 Å². The van der Waals surface area contributed by atoms with Crippen LogP contribution in [0.5, 0.6) is 0 Å². The number of thiophene rings is 1. The van der Waals surface area contributed by atoms with E-state index >= 15 is 0 Å². The Balaban J connectivity index is 2.96. The van der Waals surface area contributed by atoms with E-state index in [9.17, 15) is 9.59 Å². The summed E-state index contributed by atoms with van der Waals surface area (Å²) in [6.45, 7) is 4.82. The van der Waals surface area contributed by atoms with Crippen LogP contribution < -0.4 is 5.32 Å². The number of hydrogen-bond donors (Lipinski definition) is 1. The highest BCUT2D eigenvalue weighted by atomic mass is 35.5. The Hall–Kier alpha value is -0.780. The molecule has 0 saturated heterocycles. The summed E-state index contributed by atoms with van der Waals surface area (Å²) in [6, 6.07) is 0. The highest BCUT2D eigenvalue weighted by molar-refractivity contribution is 7.19. The van der Waals surface area contributed by atoms with Crippen molar-refractivity contribution in [3.8, 4) is 0 Å². The van der Waals surface area contributed by atoms with Gasteiger partial charge < -0.3 is 10.1 Å². The second-order valence-corrected chi connectivity index (χ2v) is 6.22. The van der Waals surface area contributed by atoms with Crippen LogP contribution in [0, 0.1) is 6.92 Å². The molecule has 1 rings (SSSR count). The fourth-order valence-electron chi connectivity index (χ4n) is 1.32. The molecule has 0 aliphatic carbocycles. The van der Waals surface area contributed by atoms with Crippen molar-refractivity contribution in [2.45, 2.75) is 26.3 Å². The molecule has 0 unspecified atom stereocenters. The maximum absolute atomic E-state index is 12.0. The summed E-state index contributed by atoms with van der Waals surface area (Å²) in [4.78, 5) is 23.9. The third-order valence-electron chi connectivity index (χ3n) is 2.36. The Labute approximate surface area is 119 Å². The fourth-order valence-corrected chi connectivity index (χ4v) is 2.78. The van der Waals surface area contributed by atoms with Crippen LogP contribution >= 0.6 is 34.5 Å². The topological polar surface area (TPSA) is 55.4 Å². The first kappa shape index (κ1) is 15.3. The van der Waals surface area contributed by atoms with Gasteiger partial charge in [0.25, 0.3) is 5.91 Å². The number of ether oxygens (including phenoxy) is 1. The number of halogens is 2. The van der Waals surface area contributed by atoms with Gasteiger partial charge in [0, 0.05) is 0 Å². The van der Waals surface area contributed by atoms with Crippen LogP contribution in [0.4, 0.5) is 0 Å². The van der Waals surface area contributed by atoms with E-state index in [4.69, 9.17) is 23.2 Å². The van der Waals surface area contributed by atoms with Gasteiger partial charge in [-0.25, -0.2) is 4.79 Å². The second-order valence-electron chi connectivity index (χ2n) is 4.21. The van der Waals surface area contributed by atoms with Gasteiger partial charge in [0.15, 0.2) is 0 Å². The van der Waals surface area contributed by atoms with E-state index in [0.717, 1.165) is 11.3 Å². The van der Waals surface area contributed by atoms with E-state index in [-0.39, 0.29) is 0 Å². The van der Waals surface area contributed by atoms with E-state index < -0.39 is 17.4 Å². The summed E-state index contributed by atoms with van der Waals surface area (Å²) in [7, 11) is 1.26. The molecular formula is C11H13Cl2NO3S. The Morgan fingerprint density at radius 3 is 2.28 bits per heavy atom. The molecule has 1 aromatic rings. The van der Waals surface area contributed by atoms with Gasteiger partial charge in [-0.05, 0) is 26.3 Å². The maximum Gasteiger partial charge on any atom is 0.330 e. The van der Waals surface area contributed by atoms with E-state index in [1.54, 1.807) is 20.8 Å². The Kier molecular flexibility index (Phi) is 4.64. The van der Waals surface area contributed by atoms with Gasteiger partial charge in [-0.2, -0.15) is 0 Å². The van der Waals surface area contributed by atoms with Gasteiger partial charge in [-0.1, -0.05) is 23.2 Å². The molecule has 18 heavy (non-hydrogen) atoms. The molecule has 1 amide bonds. The lowest BCUT2D eigenvalue weighted by molar-refractivity contribution is -0.146. The van der Waals surface area contributed by atoms with E-state index in [1.165, 1.54) is 7.11 Å². The van der Waals surface area contributed by atoms with E-state index in [0.29, 0.717) is 19.8 Å². The predicted octanol–water partition coefficient (Wildman–Crippen LogP) is 3.04. The zero-order valence-electron chi connectivity index (χ0n) is 10.4. The lowest BCUT2D eigenvalue weighted by atomic mass is 10.1. The SMILES string of the molecule is COC(=O)C(C)(C)NC(=O)c1sc(Cl)c(Cl)c1C. The van der Waals surface area contributed by atoms with Gasteiger partial charge in [0.2, 0.25) is 0 Å². The molecule has 0 aromatic carbocycles. The number of rotatable bonds is 3. The van der Waals surface area contributed by atoms with Crippen LogP contribution in [0.2, 0.25) is 9.36 Å². The standard InChI is InChI=1S/C11H13Cl2NO3S/c1-5-6(12)8(13)18-7(5)9(15)14-11(2,3)10(16)17-4/h1-4H3,(H,14,15). The van der Waals surface area contributed by atoms with Crippen LogP contribution in [0.3, 0.4) is 0 Å². The minimum atomic E-state index is -1.11. The maximum atomic E-state index is 12.0. The van der Waals surface area contributed by atoms with Crippen molar-refractivity contribution in [3.05, 3.63) is 19.8 Å². The van der Waals surface area contributed by atoms with Crippen molar-refractivity contribution in [2.75, 3.05) is 7.11 Å². The Bertz CT molecular complexity index is 497. The van der Waals surface area contributed by atoms with Crippen molar-refractivity contribution in [3.63, 3.8) is 0 Å². The minimum absolute atomic E-state index is 0.357. The number of carbonyl (C=O) groups excluding carboxylic acids is 2. The van der Waals surface area contributed by atoms with Crippen molar-refractivity contribution < 1.29 is 14.3 Å². The van der Waals surface area contributed by atoms with Gasteiger partial charge in [-0.15, -0.1) is 11.3 Å². The van der Waals surface area contributed by atoms with Crippen molar-refractivity contribution in [1.82, 2.24) is 5.32 Å². The fraction of sp³-hybridized carbons (Fsp3) is 0.455. The average molecular weight is 310 g/mol. The molecule has 0 atom stereocenters. The summed E-state index contributed by atoms with van der Waals surface area (Å²) in [5, 5.41) is 2.95. The minimum Gasteiger partial charge on any atom is -0.467 e. The first-order valence-corrected chi connectivity index (χ1v) is 6.63. The molecule has 0 fully saturated rings. The van der Waals surface area contributed by atoms with Crippen molar-refractivity contribution in [2.24, 2.45) is 0 Å². The molecule has 4 nitrogen and oxygen atoms in total. The quantitative estimate of drug-likeness (QED) is 0.873. The molecule has 0 aliphatic heterocycles. The summed E-state index contributed by atoms with van der Waals surface area (Å²) in [5.41, 5.74) is -0.508. The number of amides is 1. The molecule has 1 aromatic heterocycles. The molecule has 0 saturated carbocycles. The average Bonchev–Trinajstić information content (AvgIpc) is 2.55. The summed E-state index contributed by atoms with van der Waals surface area (Å²) in [5.74, 6) is -0.927. The van der Waals surface area contributed by atoms with Crippen LogP contribution in [0.15, 0.2) is 0 Å². The molecule has 0 spiro atoms. The number of nitrogens with one attached hydrogen (secondary N) is 1. The zero-order valence-corrected chi connectivity index (χ0v) is 12.7. The molecule has 0 bridgehead atoms. The largest absolute Gasteiger partial charge is 0.467 e. The van der Waals surface area contributed by atoms with Crippen LogP contribution in [-0.2, 0) is 9.53 Å². The molecular weight excluding hydrogens is 297 g/mol. The summed E-state index contributed by atoms with van der Waals surface area (Å²) in [6.07, 6.45) is 0. The second kappa shape index (κ2) is 5.47. The van der Waals surface area contributed by atoms with Gasteiger partial charge >= 0.3 is 5.97 Å². The molecule has 7 heteroatoms. The number of methoxy groups -OCH3 is 1. The monoisotopic (exact) mass is 309 g/mol. The van der Waals surface area contributed by atoms with E-state index in [1.807, 2.05) is 0 Å². The smallest absolute Gasteiger partial charge is 0.330 e. The Morgan fingerprint density at radius 1 is 1.33 bits per heavy atom. The van der Waals surface area contributed by atoms with Gasteiger partial charge in [0.1, 0.15) is 9.88 Å². The molecule has 100 valence electrons. The molecule has 1 N–H and O–H groups in total. The van der Waals surface area contributed by atoms with E-state index in [2.05, 4.69) is 10.1 Å². The highest BCUT2D eigenvalue weighted by Crippen LogP contribution is 2.36. The summed E-state index contributed by atoms with van der Waals surface area (Å²) < 4.78 is 4.97. The van der Waals surface area contributed by atoms with Crippen molar-refractivity contribution in [1.29, 1.82) is 0 Å². The normalized spacial score (nSPS) is 11.2. The van der Waals surface area contributed by atoms with Crippen LogP contribution in [-0.4, -0.2) is 24.5 Å². The van der Waals surface area contributed by atoms with Crippen LogP contribution in [0.1, 0.15) is 29.1 Å². The lowest BCUT2D eigenvalue weighted by Gasteiger charge is -2.22. The zero-order chi connectivity index (χ0) is 14.1. The molecule has 0 radical (unpaired) electrons.